The smallest absolute Gasteiger partial charge is 0.278 e. The molecule has 1 fully saturated rings. The van der Waals surface area contributed by atoms with Gasteiger partial charge in [-0.3, -0.25) is 14.4 Å². The van der Waals surface area contributed by atoms with E-state index in [1.165, 1.54) is 6.42 Å². The van der Waals surface area contributed by atoms with E-state index < -0.39 is 0 Å². The van der Waals surface area contributed by atoms with Gasteiger partial charge in [-0.05, 0) is 49.9 Å². The van der Waals surface area contributed by atoms with Crippen molar-refractivity contribution in [3.05, 3.63) is 78.2 Å². The zero-order valence-corrected chi connectivity index (χ0v) is 14.8. The number of pyridine rings is 1. The predicted octanol–water partition coefficient (Wildman–Crippen LogP) is 4.41. The molecule has 1 aliphatic rings. The molecule has 0 aliphatic heterocycles. The normalized spacial score (nSPS) is 15.3. The van der Waals surface area contributed by atoms with Crippen molar-refractivity contribution in [2.24, 2.45) is 0 Å². The van der Waals surface area contributed by atoms with Crippen molar-refractivity contribution in [3.8, 4) is 0 Å². The molecule has 2 aromatic heterocycles. The molecule has 1 saturated carbocycles. The van der Waals surface area contributed by atoms with Crippen molar-refractivity contribution >= 4 is 11.7 Å². The van der Waals surface area contributed by atoms with E-state index in [9.17, 15) is 4.79 Å². The van der Waals surface area contributed by atoms with Gasteiger partial charge in [0.25, 0.3) is 5.91 Å². The van der Waals surface area contributed by atoms with Crippen LogP contribution in [0.3, 0.4) is 0 Å². The average molecular weight is 346 g/mol. The Kier molecular flexibility index (Phi) is 4.52. The number of carbonyl (C=O) groups is 1. The van der Waals surface area contributed by atoms with E-state index >= 15 is 0 Å². The molecule has 0 bridgehead atoms. The number of hydrogen-bond donors (Lipinski definition) is 0. The molecule has 132 valence electrons. The highest BCUT2D eigenvalue weighted by atomic mass is 16.2. The molecule has 26 heavy (non-hydrogen) atoms. The second-order valence-electron chi connectivity index (χ2n) is 6.70. The Hall–Kier alpha value is -2.95. The molecule has 4 rings (SSSR count). The van der Waals surface area contributed by atoms with Crippen LogP contribution in [0.25, 0.3) is 0 Å². The first-order valence-corrected chi connectivity index (χ1v) is 9.09. The van der Waals surface area contributed by atoms with Crippen LogP contribution in [0.15, 0.2) is 67.0 Å². The second-order valence-corrected chi connectivity index (χ2v) is 6.70. The molecule has 0 spiro atoms. The lowest BCUT2D eigenvalue weighted by Gasteiger charge is -2.31. The SMILES string of the molecule is CC(c1ccccc1)N(C(=O)c1ccnn1C1CCC1)c1ccccn1. The fourth-order valence-corrected chi connectivity index (χ4v) is 3.38. The summed E-state index contributed by atoms with van der Waals surface area (Å²) in [5, 5.41) is 4.42. The highest BCUT2D eigenvalue weighted by Gasteiger charge is 2.30. The number of amides is 1. The van der Waals surface area contributed by atoms with Crippen LogP contribution in [-0.4, -0.2) is 20.7 Å². The molecule has 1 amide bonds. The van der Waals surface area contributed by atoms with Gasteiger partial charge in [-0.1, -0.05) is 36.4 Å². The molecule has 1 aliphatic carbocycles. The molecule has 0 N–H and O–H groups in total. The van der Waals surface area contributed by atoms with Crippen molar-refractivity contribution in [2.75, 3.05) is 4.90 Å². The van der Waals surface area contributed by atoms with Gasteiger partial charge in [0.15, 0.2) is 0 Å². The zero-order valence-electron chi connectivity index (χ0n) is 14.8. The van der Waals surface area contributed by atoms with E-state index in [2.05, 4.69) is 10.1 Å². The van der Waals surface area contributed by atoms with E-state index in [4.69, 9.17) is 0 Å². The number of hydrogen-bond acceptors (Lipinski definition) is 3. The minimum absolute atomic E-state index is 0.0653. The van der Waals surface area contributed by atoms with E-state index in [1.54, 1.807) is 17.3 Å². The Bertz CT molecular complexity index is 871. The molecular formula is C21H22N4O. The maximum Gasteiger partial charge on any atom is 0.278 e. The number of benzene rings is 1. The van der Waals surface area contributed by atoms with E-state index in [0.29, 0.717) is 17.6 Å². The van der Waals surface area contributed by atoms with Gasteiger partial charge >= 0.3 is 0 Å². The fraction of sp³-hybridized carbons (Fsp3) is 0.286. The third-order valence-electron chi connectivity index (χ3n) is 5.09. The third-order valence-corrected chi connectivity index (χ3v) is 5.09. The monoisotopic (exact) mass is 346 g/mol. The lowest BCUT2D eigenvalue weighted by molar-refractivity contribution is 0.0959. The van der Waals surface area contributed by atoms with Crippen molar-refractivity contribution in [1.29, 1.82) is 0 Å². The Labute approximate surface area is 153 Å². The number of anilines is 1. The summed E-state index contributed by atoms with van der Waals surface area (Å²) in [4.78, 5) is 19.7. The summed E-state index contributed by atoms with van der Waals surface area (Å²) in [5.41, 5.74) is 1.70. The number of nitrogens with zero attached hydrogens (tertiary/aromatic N) is 4. The van der Waals surface area contributed by atoms with Gasteiger partial charge in [0.2, 0.25) is 0 Å². The Morgan fingerprint density at radius 1 is 1.08 bits per heavy atom. The molecule has 5 nitrogen and oxygen atoms in total. The van der Waals surface area contributed by atoms with Crippen LogP contribution in [0.4, 0.5) is 5.82 Å². The molecule has 5 heteroatoms. The summed E-state index contributed by atoms with van der Waals surface area (Å²) in [5.74, 6) is 0.583. The van der Waals surface area contributed by atoms with Crippen molar-refractivity contribution in [2.45, 2.75) is 38.3 Å². The maximum absolute atomic E-state index is 13.5. The van der Waals surface area contributed by atoms with Crippen LogP contribution in [0.5, 0.6) is 0 Å². The van der Waals surface area contributed by atoms with Crippen molar-refractivity contribution < 1.29 is 4.79 Å². The van der Waals surface area contributed by atoms with E-state index in [-0.39, 0.29) is 11.9 Å². The molecule has 1 unspecified atom stereocenters. The van der Waals surface area contributed by atoms with Crippen LogP contribution in [0, 0.1) is 0 Å². The van der Waals surface area contributed by atoms with E-state index in [1.807, 2.05) is 66.2 Å². The Balaban J connectivity index is 1.73. The number of carbonyl (C=O) groups excluding carboxylic acids is 1. The first kappa shape index (κ1) is 16.5. The minimum atomic E-state index is -0.136. The Morgan fingerprint density at radius 2 is 1.85 bits per heavy atom. The van der Waals surface area contributed by atoms with Gasteiger partial charge in [-0.2, -0.15) is 5.10 Å². The fourth-order valence-electron chi connectivity index (χ4n) is 3.38. The quantitative estimate of drug-likeness (QED) is 0.687. The standard InChI is InChI=1S/C21H22N4O/c1-16(17-8-3-2-4-9-17)24(20-12-5-6-14-22-20)21(26)19-13-15-23-25(19)18-10-7-11-18/h2-6,8-9,12-16,18H,7,10-11H2,1H3. The first-order chi connectivity index (χ1) is 12.8. The highest BCUT2D eigenvalue weighted by Crippen LogP contribution is 2.33. The van der Waals surface area contributed by atoms with Gasteiger partial charge in [-0.25, -0.2) is 4.98 Å². The lowest BCUT2D eigenvalue weighted by Crippen LogP contribution is -2.36. The third kappa shape index (κ3) is 3.01. The maximum atomic E-state index is 13.5. The summed E-state index contributed by atoms with van der Waals surface area (Å²) < 4.78 is 1.89. The number of rotatable bonds is 5. The Morgan fingerprint density at radius 3 is 2.50 bits per heavy atom. The summed E-state index contributed by atoms with van der Waals surface area (Å²) in [7, 11) is 0. The summed E-state index contributed by atoms with van der Waals surface area (Å²) in [6.07, 6.45) is 6.80. The van der Waals surface area contributed by atoms with Crippen molar-refractivity contribution in [1.82, 2.24) is 14.8 Å². The van der Waals surface area contributed by atoms with Crippen LogP contribution >= 0.6 is 0 Å². The lowest BCUT2D eigenvalue weighted by atomic mass is 9.93. The summed E-state index contributed by atoms with van der Waals surface area (Å²) in [6, 6.07) is 17.7. The molecule has 0 saturated heterocycles. The van der Waals surface area contributed by atoms with Crippen LogP contribution in [0.2, 0.25) is 0 Å². The minimum Gasteiger partial charge on any atom is -0.284 e. The van der Waals surface area contributed by atoms with Crippen LogP contribution in [-0.2, 0) is 0 Å². The second kappa shape index (κ2) is 7.12. The molecular weight excluding hydrogens is 324 g/mol. The predicted molar refractivity (Wildman–Crippen MR) is 101 cm³/mol. The summed E-state index contributed by atoms with van der Waals surface area (Å²) >= 11 is 0. The highest BCUT2D eigenvalue weighted by molar-refractivity contribution is 6.04. The average Bonchev–Trinajstić information content (AvgIpc) is 3.11. The topological polar surface area (TPSA) is 51.0 Å². The van der Waals surface area contributed by atoms with Gasteiger partial charge in [0, 0.05) is 12.4 Å². The molecule has 1 atom stereocenters. The molecule has 2 heterocycles. The van der Waals surface area contributed by atoms with Crippen molar-refractivity contribution in [3.63, 3.8) is 0 Å². The van der Waals surface area contributed by atoms with Gasteiger partial charge < -0.3 is 0 Å². The van der Waals surface area contributed by atoms with Crippen LogP contribution in [0.1, 0.15) is 54.3 Å². The van der Waals surface area contributed by atoms with Gasteiger partial charge in [0.1, 0.15) is 11.5 Å². The van der Waals surface area contributed by atoms with E-state index in [0.717, 1.165) is 18.4 Å². The molecule has 1 aromatic carbocycles. The van der Waals surface area contributed by atoms with Gasteiger partial charge in [0.05, 0.1) is 12.1 Å². The molecule has 0 radical (unpaired) electrons. The van der Waals surface area contributed by atoms with Gasteiger partial charge in [-0.15, -0.1) is 0 Å². The number of aromatic nitrogens is 3. The largest absolute Gasteiger partial charge is 0.284 e. The first-order valence-electron chi connectivity index (χ1n) is 9.09. The zero-order chi connectivity index (χ0) is 17.9. The summed E-state index contributed by atoms with van der Waals surface area (Å²) in [6.45, 7) is 2.03. The van der Waals surface area contributed by atoms with Crippen LogP contribution < -0.4 is 4.90 Å². The molecule has 3 aromatic rings.